The van der Waals surface area contributed by atoms with E-state index in [9.17, 15) is 14.3 Å². The summed E-state index contributed by atoms with van der Waals surface area (Å²) in [6.45, 7) is 2.05. The van der Waals surface area contributed by atoms with E-state index < -0.39 is 11.7 Å². The zero-order valence-corrected chi connectivity index (χ0v) is 11.2. The van der Waals surface area contributed by atoms with Crippen LogP contribution in [-0.4, -0.2) is 23.7 Å². The van der Waals surface area contributed by atoms with Gasteiger partial charge in [0.1, 0.15) is 5.82 Å². The first-order chi connectivity index (χ1) is 9.09. The molecular weight excluding hydrogens is 245 g/mol. The van der Waals surface area contributed by atoms with Gasteiger partial charge in [0.15, 0.2) is 0 Å². The molecule has 3 nitrogen and oxygen atoms in total. The molecule has 1 aliphatic rings. The number of aliphatic hydroxyl groups is 1. The predicted molar refractivity (Wildman–Crippen MR) is 71.4 cm³/mol. The Labute approximate surface area is 112 Å². The van der Waals surface area contributed by atoms with Gasteiger partial charge in [0.2, 0.25) is 0 Å². The van der Waals surface area contributed by atoms with E-state index in [1.54, 1.807) is 19.1 Å². The molecule has 1 aromatic rings. The van der Waals surface area contributed by atoms with Crippen LogP contribution in [0.5, 0.6) is 0 Å². The second-order valence-corrected chi connectivity index (χ2v) is 5.26. The number of carbonyl (C=O) groups excluding carboxylic acids is 1. The summed E-state index contributed by atoms with van der Waals surface area (Å²) in [7, 11) is 0. The molecule has 2 atom stereocenters. The molecule has 104 valence electrons. The highest BCUT2D eigenvalue weighted by Gasteiger charge is 2.24. The maximum absolute atomic E-state index is 13.8. The molecule has 1 aliphatic carbocycles. The van der Waals surface area contributed by atoms with Crippen LogP contribution in [0.1, 0.15) is 41.6 Å². The fraction of sp³-hybridized carbons (Fsp3) is 0.533. The van der Waals surface area contributed by atoms with Crippen LogP contribution in [0.2, 0.25) is 0 Å². The summed E-state index contributed by atoms with van der Waals surface area (Å²) in [5, 5.41) is 12.6. The molecule has 1 saturated carbocycles. The minimum atomic E-state index is -0.468. The van der Waals surface area contributed by atoms with Gasteiger partial charge in [-0.2, -0.15) is 0 Å². The number of carbonyl (C=O) groups is 1. The van der Waals surface area contributed by atoms with Crippen molar-refractivity contribution < 1.29 is 14.3 Å². The molecule has 2 rings (SSSR count). The number of rotatable bonds is 3. The molecule has 0 spiro atoms. The lowest BCUT2D eigenvalue weighted by Crippen LogP contribution is -2.37. The highest BCUT2D eigenvalue weighted by Crippen LogP contribution is 2.23. The lowest BCUT2D eigenvalue weighted by molar-refractivity contribution is 0.0662. The van der Waals surface area contributed by atoms with Gasteiger partial charge in [0.05, 0.1) is 11.7 Å². The van der Waals surface area contributed by atoms with E-state index in [-0.39, 0.29) is 17.6 Å². The number of benzene rings is 1. The maximum atomic E-state index is 13.8. The van der Waals surface area contributed by atoms with Gasteiger partial charge in [-0.25, -0.2) is 4.39 Å². The molecule has 0 bridgehead atoms. The zero-order chi connectivity index (χ0) is 13.8. The second-order valence-electron chi connectivity index (χ2n) is 5.26. The first-order valence-electron chi connectivity index (χ1n) is 6.81. The SMILES string of the molecule is Cc1cccc(C(=O)NCC2CCCCC2O)c1F. The molecule has 0 aliphatic heterocycles. The van der Waals surface area contributed by atoms with E-state index in [4.69, 9.17) is 0 Å². The molecule has 0 saturated heterocycles. The number of nitrogens with one attached hydrogen (secondary N) is 1. The summed E-state index contributed by atoms with van der Waals surface area (Å²) < 4.78 is 13.8. The van der Waals surface area contributed by atoms with E-state index in [1.165, 1.54) is 6.07 Å². The molecule has 0 aromatic heterocycles. The summed E-state index contributed by atoms with van der Waals surface area (Å²) >= 11 is 0. The van der Waals surface area contributed by atoms with Crippen molar-refractivity contribution in [3.05, 3.63) is 35.1 Å². The van der Waals surface area contributed by atoms with E-state index >= 15 is 0 Å². The Morgan fingerprint density at radius 1 is 1.42 bits per heavy atom. The number of aliphatic hydroxyl groups excluding tert-OH is 1. The van der Waals surface area contributed by atoms with Crippen LogP contribution in [0, 0.1) is 18.7 Å². The molecule has 4 heteroatoms. The third-order valence-electron chi connectivity index (χ3n) is 3.83. The predicted octanol–water partition coefficient (Wildman–Crippen LogP) is 2.42. The van der Waals surface area contributed by atoms with Crippen LogP contribution in [0.15, 0.2) is 18.2 Å². The van der Waals surface area contributed by atoms with Gasteiger partial charge in [-0.3, -0.25) is 4.79 Å². The molecule has 1 aromatic carbocycles. The monoisotopic (exact) mass is 265 g/mol. The average Bonchev–Trinajstić information content (AvgIpc) is 2.40. The smallest absolute Gasteiger partial charge is 0.254 e. The topological polar surface area (TPSA) is 49.3 Å². The van der Waals surface area contributed by atoms with Gasteiger partial charge in [-0.05, 0) is 31.4 Å². The number of halogens is 1. The molecular formula is C15H20FNO2. The lowest BCUT2D eigenvalue weighted by Gasteiger charge is -2.27. The van der Waals surface area contributed by atoms with Crippen LogP contribution >= 0.6 is 0 Å². The van der Waals surface area contributed by atoms with Crippen molar-refractivity contribution in [3.63, 3.8) is 0 Å². The van der Waals surface area contributed by atoms with E-state index in [1.807, 2.05) is 0 Å². The van der Waals surface area contributed by atoms with Crippen molar-refractivity contribution in [1.29, 1.82) is 0 Å². The molecule has 1 amide bonds. The number of hydrogen-bond acceptors (Lipinski definition) is 2. The van der Waals surface area contributed by atoms with E-state index in [0.29, 0.717) is 12.1 Å². The highest BCUT2D eigenvalue weighted by atomic mass is 19.1. The van der Waals surface area contributed by atoms with E-state index in [2.05, 4.69) is 5.32 Å². The first-order valence-corrected chi connectivity index (χ1v) is 6.81. The van der Waals surface area contributed by atoms with Gasteiger partial charge in [-0.15, -0.1) is 0 Å². The molecule has 1 fully saturated rings. The Kier molecular flexibility index (Phi) is 4.53. The van der Waals surface area contributed by atoms with Crippen molar-refractivity contribution >= 4 is 5.91 Å². The Bertz CT molecular complexity index is 461. The van der Waals surface area contributed by atoms with Gasteiger partial charge in [0, 0.05) is 12.5 Å². The minimum absolute atomic E-state index is 0.0744. The summed E-state index contributed by atoms with van der Waals surface area (Å²) in [5.74, 6) is -0.784. The van der Waals surface area contributed by atoms with Crippen molar-refractivity contribution in [3.8, 4) is 0 Å². The number of hydrogen-bond donors (Lipinski definition) is 2. The molecule has 2 unspecified atom stereocenters. The Morgan fingerprint density at radius 2 is 2.16 bits per heavy atom. The number of aryl methyl sites for hydroxylation is 1. The summed E-state index contributed by atoms with van der Waals surface area (Å²) in [6.07, 6.45) is 3.47. The van der Waals surface area contributed by atoms with Crippen molar-refractivity contribution in [2.45, 2.75) is 38.7 Å². The maximum Gasteiger partial charge on any atom is 0.254 e. The quantitative estimate of drug-likeness (QED) is 0.881. The molecule has 19 heavy (non-hydrogen) atoms. The fourth-order valence-electron chi connectivity index (χ4n) is 2.57. The van der Waals surface area contributed by atoms with Crippen molar-refractivity contribution in [2.24, 2.45) is 5.92 Å². The van der Waals surface area contributed by atoms with Crippen LogP contribution < -0.4 is 5.32 Å². The Hall–Kier alpha value is -1.42. The summed E-state index contributed by atoms with van der Waals surface area (Å²) in [6, 6.07) is 4.79. The van der Waals surface area contributed by atoms with Crippen LogP contribution in [-0.2, 0) is 0 Å². The lowest BCUT2D eigenvalue weighted by atomic mass is 9.86. The standard InChI is InChI=1S/C15H20FNO2/c1-10-5-4-7-12(14(10)16)15(19)17-9-11-6-2-3-8-13(11)18/h4-5,7,11,13,18H,2-3,6,8-9H2,1H3,(H,17,19). The zero-order valence-electron chi connectivity index (χ0n) is 11.2. The normalized spacial score (nSPS) is 23.1. The largest absolute Gasteiger partial charge is 0.393 e. The molecule has 2 N–H and O–H groups in total. The summed E-state index contributed by atoms with van der Waals surface area (Å²) in [4.78, 5) is 11.9. The minimum Gasteiger partial charge on any atom is -0.393 e. The second kappa shape index (κ2) is 6.15. The van der Waals surface area contributed by atoms with Crippen LogP contribution in [0.3, 0.4) is 0 Å². The summed E-state index contributed by atoms with van der Waals surface area (Å²) in [5.41, 5.74) is 0.538. The number of amides is 1. The molecule has 0 radical (unpaired) electrons. The van der Waals surface area contributed by atoms with E-state index in [0.717, 1.165) is 25.7 Å². The fourth-order valence-corrected chi connectivity index (χ4v) is 2.57. The average molecular weight is 265 g/mol. The van der Waals surface area contributed by atoms with Gasteiger partial charge in [-0.1, -0.05) is 25.0 Å². The highest BCUT2D eigenvalue weighted by molar-refractivity contribution is 5.94. The Morgan fingerprint density at radius 3 is 2.89 bits per heavy atom. The third kappa shape index (κ3) is 3.32. The van der Waals surface area contributed by atoms with Gasteiger partial charge in [0.25, 0.3) is 5.91 Å². The third-order valence-corrected chi connectivity index (χ3v) is 3.83. The van der Waals surface area contributed by atoms with Gasteiger partial charge >= 0.3 is 0 Å². The van der Waals surface area contributed by atoms with Crippen LogP contribution in [0.4, 0.5) is 4.39 Å². The Balaban J connectivity index is 1.95. The van der Waals surface area contributed by atoms with Crippen LogP contribution in [0.25, 0.3) is 0 Å². The van der Waals surface area contributed by atoms with Gasteiger partial charge < -0.3 is 10.4 Å². The van der Waals surface area contributed by atoms with Crippen molar-refractivity contribution in [2.75, 3.05) is 6.54 Å². The molecule has 0 heterocycles. The van der Waals surface area contributed by atoms with Crippen molar-refractivity contribution in [1.82, 2.24) is 5.32 Å². The first kappa shape index (κ1) is 14.0.